The number of aliphatic hydroxyl groups is 1. The van der Waals surface area contributed by atoms with Crippen LogP contribution < -0.4 is 0 Å². The van der Waals surface area contributed by atoms with Crippen LogP contribution in [0.3, 0.4) is 0 Å². The Morgan fingerprint density at radius 1 is 0.538 bits per heavy atom. The SMILES string of the molecule is CCC(C)OCCOCCOCCOCCOCCOCCOCCO. The maximum absolute atomic E-state index is 8.52. The van der Waals surface area contributed by atoms with E-state index >= 15 is 0 Å². The van der Waals surface area contributed by atoms with E-state index in [-0.39, 0.29) is 6.61 Å². The predicted octanol–water partition coefficient (Wildman–Crippen LogP) is 0.893. The number of rotatable bonds is 22. The summed E-state index contributed by atoms with van der Waals surface area (Å²) in [5.41, 5.74) is 0. The minimum absolute atomic E-state index is 0.0376. The van der Waals surface area contributed by atoms with Crippen LogP contribution in [0.5, 0.6) is 0 Å². The van der Waals surface area contributed by atoms with Crippen molar-refractivity contribution in [3.8, 4) is 0 Å². The molecule has 26 heavy (non-hydrogen) atoms. The number of hydrogen-bond donors (Lipinski definition) is 1. The molecule has 0 amide bonds. The molecule has 0 saturated heterocycles. The second kappa shape index (κ2) is 22.7. The number of hydrogen-bond acceptors (Lipinski definition) is 8. The van der Waals surface area contributed by atoms with E-state index in [2.05, 4.69) is 13.8 Å². The Labute approximate surface area is 158 Å². The van der Waals surface area contributed by atoms with E-state index in [4.69, 9.17) is 38.3 Å². The van der Waals surface area contributed by atoms with E-state index in [1.807, 2.05) is 0 Å². The highest BCUT2D eigenvalue weighted by atomic mass is 16.6. The van der Waals surface area contributed by atoms with Gasteiger partial charge in [-0.1, -0.05) is 6.92 Å². The van der Waals surface area contributed by atoms with Crippen LogP contribution >= 0.6 is 0 Å². The van der Waals surface area contributed by atoms with E-state index in [1.54, 1.807) is 0 Å². The molecule has 8 nitrogen and oxygen atoms in total. The van der Waals surface area contributed by atoms with Gasteiger partial charge in [-0.25, -0.2) is 0 Å². The number of ether oxygens (including phenoxy) is 7. The molecule has 0 heterocycles. The Kier molecular flexibility index (Phi) is 22.4. The van der Waals surface area contributed by atoms with Crippen molar-refractivity contribution in [2.75, 3.05) is 92.5 Å². The molecule has 1 atom stereocenters. The van der Waals surface area contributed by atoms with E-state index in [0.29, 0.717) is 92.0 Å². The van der Waals surface area contributed by atoms with Crippen molar-refractivity contribution in [3.63, 3.8) is 0 Å². The van der Waals surface area contributed by atoms with Gasteiger partial charge in [0.1, 0.15) is 0 Å². The van der Waals surface area contributed by atoms with Crippen molar-refractivity contribution in [1.29, 1.82) is 0 Å². The van der Waals surface area contributed by atoms with E-state index < -0.39 is 0 Å². The number of aliphatic hydroxyl groups excluding tert-OH is 1. The van der Waals surface area contributed by atoms with E-state index in [1.165, 1.54) is 0 Å². The van der Waals surface area contributed by atoms with Crippen molar-refractivity contribution in [3.05, 3.63) is 0 Å². The van der Waals surface area contributed by atoms with Crippen LogP contribution in [0.15, 0.2) is 0 Å². The van der Waals surface area contributed by atoms with Gasteiger partial charge in [-0.15, -0.1) is 0 Å². The molecule has 8 heteroatoms. The highest BCUT2D eigenvalue weighted by Crippen LogP contribution is 1.94. The van der Waals surface area contributed by atoms with Crippen molar-refractivity contribution < 1.29 is 38.3 Å². The van der Waals surface area contributed by atoms with E-state index in [9.17, 15) is 0 Å². The molecule has 0 rings (SSSR count). The van der Waals surface area contributed by atoms with Crippen LogP contribution in [0.25, 0.3) is 0 Å². The van der Waals surface area contributed by atoms with E-state index in [0.717, 1.165) is 6.42 Å². The first-order chi connectivity index (χ1) is 12.8. The molecule has 158 valence electrons. The van der Waals surface area contributed by atoms with Gasteiger partial charge >= 0.3 is 0 Å². The van der Waals surface area contributed by atoms with Crippen molar-refractivity contribution in [1.82, 2.24) is 0 Å². The lowest BCUT2D eigenvalue weighted by molar-refractivity contribution is -0.0259. The largest absolute Gasteiger partial charge is 0.394 e. The van der Waals surface area contributed by atoms with Crippen LogP contribution in [0.1, 0.15) is 20.3 Å². The zero-order chi connectivity index (χ0) is 19.1. The third-order valence-corrected chi connectivity index (χ3v) is 3.30. The minimum Gasteiger partial charge on any atom is -0.394 e. The summed E-state index contributed by atoms with van der Waals surface area (Å²) in [6.45, 7) is 11.1. The van der Waals surface area contributed by atoms with Crippen LogP contribution in [-0.2, 0) is 33.2 Å². The predicted molar refractivity (Wildman–Crippen MR) is 97.7 cm³/mol. The zero-order valence-corrected chi connectivity index (χ0v) is 16.5. The summed E-state index contributed by atoms with van der Waals surface area (Å²) in [5, 5.41) is 8.52. The molecule has 0 radical (unpaired) electrons. The summed E-state index contributed by atoms with van der Waals surface area (Å²) in [4.78, 5) is 0. The van der Waals surface area contributed by atoms with Gasteiger partial charge < -0.3 is 38.3 Å². The Bertz CT molecular complexity index is 255. The molecule has 0 aromatic heterocycles. The van der Waals surface area contributed by atoms with Crippen LogP contribution in [0.2, 0.25) is 0 Å². The molecule has 0 aromatic carbocycles. The molecule has 0 aliphatic carbocycles. The average Bonchev–Trinajstić information content (AvgIpc) is 2.66. The second-order valence-corrected chi connectivity index (χ2v) is 5.49. The summed E-state index contributed by atoms with van der Waals surface area (Å²) >= 11 is 0. The van der Waals surface area contributed by atoms with Crippen molar-refractivity contribution in [2.24, 2.45) is 0 Å². The Morgan fingerprint density at radius 3 is 1.15 bits per heavy atom. The molecule has 0 fully saturated rings. The zero-order valence-electron chi connectivity index (χ0n) is 16.5. The summed E-state index contributed by atoms with van der Waals surface area (Å²) < 4.78 is 37.4. The molecule has 0 spiro atoms. The molecule has 0 aromatic rings. The van der Waals surface area contributed by atoms with Gasteiger partial charge in [0.15, 0.2) is 0 Å². The Balaban J connectivity index is 2.99. The van der Waals surface area contributed by atoms with Crippen LogP contribution in [0.4, 0.5) is 0 Å². The van der Waals surface area contributed by atoms with Crippen LogP contribution in [-0.4, -0.2) is 104 Å². The molecule has 1 unspecified atom stereocenters. The molecule has 0 saturated carbocycles. The lowest BCUT2D eigenvalue weighted by Gasteiger charge is -2.10. The van der Waals surface area contributed by atoms with Crippen molar-refractivity contribution >= 4 is 0 Å². The highest BCUT2D eigenvalue weighted by Gasteiger charge is 1.97. The van der Waals surface area contributed by atoms with Gasteiger partial charge in [0.05, 0.1) is 98.6 Å². The maximum Gasteiger partial charge on any atom is 0.0704 e. The fourth-order valence-electron chi connectivity index (χ4n) is 1.69. The van der Waals surface area contributed by atoms with Gasteiger partial charge in [0.2, 0.25) is 0 Å². The fourth-order valence-corrected chi connectivity index (χ4v) is 1.69. The molecule has 0 bridgehead atoms. The molecule has 0 aliphatic rings. The van der Waals surface area contributed by atoms with Gasteiger partial charge in [0, 0.05) is 0 Å². The molecular formula is C18H38O8. The summed E-state index contributed by atoms with van der Waals surface area (Å²) in [6.07, 6.45) is 1.31. The lowest BCUT2D eigenvalue weighted by Crippen LogP contribution is -2.15. The third kappa shape index (κ3) is 21.7. The Morgan fingerprint density at radius 2 is 0.846 bits per heavy atom. The summed E-state index contributed by atoms with van der Waals surface area (Å²) in [6, 6.07) is 0. The first-order valence-corrected chi connectivity index (χ1v) is 9.50. The monoisotopic (exact) mass is 382 g/mol. The van der Waals surface area contributed by atoms with Crippen LogP contribution in [0, 0.1) is 0 Å². The third-order valence-electron chi connectivity index (χ3n) is 3.30. The van der Waals surface area contributed by atoms with Gasteiger partial charge in [-0.2, -0.15) is 0 Å². The smallest absolute Gasteiger partial charge is 0.0704 e. The first-order valence-electron chi connectivity index (χ1n) is 9.50. The lowest BCUT2D eigenvalue weighted by atomic mass is 10.3. The average molecular weight is 382 g/mol. The molecular weight excluding hydrogens is 344 g/mol. The van der Waals surface area contributed by atoms with Gasteiger partial charge in [-0.05, 0) is 13.3 Å². The fraction of sp³-hybridized carbons (Fsp3) is 1.00. The normalized spacial score (nSPS) is 12.6. The van der Waals surface area contributed by atoms with Gasteiger partial charge in [-0.3, -0.25) is 0 Å². The standard InChI is InChI=1S/C18H38O8/c1-3-18(2)26-17-16-25-15-14-24-13-12-23-11-10-22-9-8-21-7-6-20-5-4-19/h18-19H,3-17H2,1-2H3. The quantitative estimate of drug-likeness (QED) is 0.276. The van der Waals surface area contributed by atoms with Crippen molar-refractivity contribution in [2.45, 2.75) is 26.4 Å². The summed E-state index contributed by atoms with van der Waals surface area (Å²) in [7, 11) is 0. The first kappa shape index (κ1) is 25.7. The molecule has 1 N–H and O–H groups in total. The van der Waals surface area contributed by atoms with Gasteiger partial charge in [0.25, 0.3) is 0 Å². The Hall–Kier alpha value is -0.320. The minimum atomic E-state index is 0.0376. The maximum atomic E-state index is 8.52. The molecule has 0 aliphatic heterocycles. The second-order valence-electron chi connectivity index (χ2n) is 5.49. The topological polar surface area (TPSA) is 84.8 Å². The summed E-state index contributed by atoms with van der Waals surface area (Å²) in [5.74, 6) is 0. The highest BCUT2D eigenvalue weighted by molar-refractivity contribution is 4.43.